The molecular weight excluding hydrogens is 632 g/mol. The van der Waals surface area contributed by atoms with Crippen molar-refractivity contribution in [1.29, 1.82) is 0 Å². The molecule has 14 nitrogen and oxygen atoms in total. The van der Waals surface area contributed by atoms with Gasteiger partial charge in [-0.15, -0.1) is 0 Å². The summed E-state index contributed by atoms with van der Waals surface area (Å²) in [6.45, 7) is 5.95. The van der Waals surface area contributed by atoms with Crippen molar-refractivity contribution in [3.05, 3.63) is 59.2 Å². The first kappa shape index (κ1) is 35.1. The lowest BCUT2D eigenvalue weighted by Crippen LogP contribution is -2.39. The van der Waals surface area contributed by atoms with Gasteiger partial charge in [0.25, 0.3) is 0 Å². The molecule has 0 bridgehead atoms. The third kappa shape index (κ3) is 7.77. The van der Waals surface area contributed by atoms with Gasteiger partial charge in [0.15, 0.2) is 23.7 Å². The predicted molar refractivity (Wildman–Crippen MR) is 165 cm³/mol. The lowest BCUT2D eigenvalue weighted by molar-refractivity contribution is -0.154. The normalized spacial score (nSPS) is 16.3. The quantitative estimate of drug-likeness (QED) is 0.217. The highest BCUT2D eigenvalue weighted by Crippen LogP contribution is 2.56. The lowest BCUT2D eigenvalue weighted by Gasteiger charge is -2.40. The molecule has 0 radical (unpaired) electrons. The van der Waals surface area contributed by atoms with Crippen LogP contribution in [-0.2, 0) is 28.7 Å². The molecule has 0 spiro atoms. The van der Waals surface area contributed by atoms with Crippen molar-refractivity contribution in [2.75, 3.05) is 21.3 Å². The Balaban J connectivity index is 2.12. The number of hydrogen-bond donors (Lipinski definition) is 0. The van der Waals surface area contributed by atoms with Gasteiger partial charge in [0, 0.05) is 75.6 Å². The summed E-state index contributed by atoms with van der Waals surface area (Å²) in [5.74, 6) is -3.75. The highest BCUT2D eigenvalue weighted by molar-refractivity contribution is 5.76. The number of methoxy groups -OCH3 is 3. The molecule has 0 aliphatic carbocycles. The first-order valence-corrected chi connectivity index (χ1v) is 14.5. The third-order valence-electron chi connectivity index (χ3n) is 6.95. The van der Waals surface area contributed by atoms with Crippen LogP contribution < -0.4 is 37.9 Å². The summed E-state index contributed by atoms with van der Waals surface area (Å²) in [6.07, 6.45) is -2.42. The van der Waals surface area contributed by atoms with Crippen molar-refractivity contribution >= 4 is 29.8 Å². The van der Waals surface area contributed by atoms with Crippen LogP contribution in [0.3, 0.4) is 0 Å². The smallest absolute Gasteiger partial charge is 0.308 e. The second-order valence-corrected chi connectivity index (χ2v) is 10.4. The summed E-state index contributed by atoms with van der Waals surface area (Å²) in [7, 11) is 4.31. The van der Waals surface area contributed by atoms with Crippen molar-refractivity contribution in [1.82, 2.24) is 0 Å². The van der Waals surface area contributed by atoms with Gasteiger partial charge in [-0.05, 0) is 12.1 Å². The van der Waals surface area contributed by atoms with Gasteiger partial charge in [0.05, 0.1) is 27.2 Å². The number of rotatable bonds is 10. The first-order chi connectivity index (χ1) is 22.8. The molecular formula is C34H34O14. The van der Waals surface area contributed by atoms with E-state index in [2.05, 4.69) is 0 Å². The van der Waals surface area contributed by atoms with Crippen LogP contribution >= 0.6 is 0 Å². The van der Waals surface area contributed by atoms with Crippen molar-refractivity contribution in [2.45, 2.75) is 52.7 Å². The third-order valence-corrected chi connectivity index (χ3v) is 6.95. The molecule has 0 N–H and O–H groups in total. The second kappa shape index (κ2) is 14.8. The second-order valence-electron chi connectivity index (χ2n) is 10.4. The van der Waals surface area contributed by atoms with Crippen LogP contribution in [0.5, 0.6) is 46.0 Å². The van der Waals surface area contributed by atoms with Crippen LogP contribution in [0.4, 0.5) is 0 Å². The van der Waals surface area contributed by atoms with E-state index in [0.717, 1.165) is 0 Å². The maximum atomic E-state index is 12.8. The van der Waals surface area contributed by atoms with Gasteiger partial charge < -0.3 is 42.6 Å². The predicted octanol–water partition coefficient (Wildman–Crippen LogP) is 4.61. The van der Waals surface area contributed by atoms with E-state index in [0.29, 0.717) is 16.9 Å². The van der Waals surface area contributed by atoms with Crippen LogP contribution in [0, 0.1) is 0 Å². The molecule has 254 valence electrons. The highest BCUT2D eigenvalue weighted by atomic mass is 16.6. The SMILES string of the molecule is COc1cc(OC)c([C@@H]2c3c(OC(C)=O)cc(OC(C)=O)cc3OC(c3ccc(OC(C)=O)c(OC(C)=O)c3)C2OC(C)=O)c(OC)c1. The molecule has 0 amide bonds. The summed E-state index contributed by atoms with van der Waals surface area (Å²) >= 11 is 0. The zero-order valence-corrected chi connectivity index (χ0v) is 27.5. The largest absolute Gasteiger partial charge is 0.496 e. The molecule has 0 fully saturated rings. The van der Waals surface area contributed by atoms with Gasteiger partial charge in [-0.1, -0.05) is 6.07 Å². The molecule has 2 unspecified atom stereocenters. The van der Waals surface area contributed by atoms with Crippen molar-refractivity contribution in [2.24, 2.45) is 0 Å². The zero-order valence-electron chi connectivity index (χ0n) is 27.5. The standard InChI is InChI=1S/C34H34O14/c1-16(35)43-23-14-28(46-19(4)38)31-29(15-23)48-33(21-9-10-24(44-17(2)36)25(11-21)45-18(3)37)34(47-20(5)39)32(31)30-26(41-7)12-22(40-6)13-27(30)42-8/h9-15,32-34H,1-8H3/t32-,33?,34?/m1/s1. The van der Waals surface area contributed by atoms with Crippen LogP contribution in [0.25, 0.3) is 0 Å². The van der Waals surface area contributed by atoms with E-state index in [1.165, 1.54) is 86.3 Å². The van der Waals surface area contributed by atoms with Crippen LogP contribution in [0.2, 0.25) is 0 Å². The van der Waals surface area contributed by atoms with Crippen LogP contribution in [-0.4, -0.2) is 57.3 Å². The van der Waals surface area contributed by atoms with E-state index in [9.17, 15) is 24.0 Å². The number of fused-ring (bicyclic) bond motifs is 1. The fraction of sp³-hybridized carbons (Fsp3) is 0.324. The molecule has 14 heteroatoms. The van der Waals surface area contributed by atoms with Gasteiger partial charge >= 0.3 is 29.8 Å². The average molecular weight is 667 g/mol. The van der Waals surface area contributed by atoms with Crippen molar-refractivity contribution in [3.63, 3.8) is 0 Å². The van der Waals surface area contributed by atoms with Gasteiger partial charge in [0.1, 0.15) is 34.5 Å². The Bertz CT molecular complexity index is 1740. The Labute approximate surface area is 275 Å². The monoisotopic (exact) mass is 666 g/mol. The minimum atomic E-state index is -1.25. The molecule has 1 aliphatic rings. The van der Waals surface area contributed by atoms with E-state index in [-0.39, 0.29) is 45.8 Å². The summed E-state index contributed by atoms with van der Waals surface area (Å²) < 4.78 is 51.0. The Kier molecular flexibility index (Phi) is 10.8. The van der Waals surface area contributed by atoms with Crippen molar-refractivity contribution < 1.29 is 66.6 Å². The Morgan fingerprint density at radius 2 is 1.08 bits per heavy atom. The topological polar surface area (TPSA) is 168 Å². The maximum Gasteiger partial charge on any atom is 0.308 e. The van der Waals surface area contributed by atoms with E-state index < -0.39 is 48.0 Å². The minimum Gasteiger partial charge on any atom is -0.496 e. The average Bonchev–Trinajstić information content (AvgIpc) is 2.99. The van der Waals surface area contributed by atoms with E-state index in [4.69, 9.17) is 42.6 Å². The minimum absolute atomic E-state index is 0.0135. The van der Waals surface area contributed by atoms with Gasteiger partial charge in [-0.2, -0.15) is 0 Å². The molecule has 3 aromatic carbocycles. The summed E-state index contributed by atoms with van der Waals surface area (Å²) in [6, 6.07) is 10.3. The summed E-state index contributed by atoms with van der Waals surface area (Å²) in [5.41, 5.74) is 0.886. The molecule has 3 atom stereocenters. The van der Waals surface area contributed by atoms with Gasteiger partial charge in [0.2, 0.25) is 0 Å². The molecule has 0 saturated heterocycles. The Morgan fingerprint density at radius 1 is 0.542 bits per heavy atom. The van der Waals surface area contributed by atoms with E-state index in [1.807, 2.05) is 0 Å². The Hall–Kier alpha value is -5.79. The van der Waals surface area contributed by atoms with Crippen LogP contribution in [0.15, 0.2) is 42.5 Å². The fourth-order valence-corrected chi connectivity index (χ4v) is 5.39. The maximum absolute atomic E-state index is 12.8. The fourth-order valence-electron chi connectivity index (χ4n) is 5.39. The summed E-state index contributed by atoms with van der Waals surface area (Å²) in [5, 5.41) is 0. The van der Waals surface area contributed by atoms with Crippen molar-refractivity contribution in [3.8, 4) is 46.0 Å². The molecule has 3 aromatic rings. The molecule has 1 heterocycles. The number of ether oxygens (including phenoxy) is 9. The molecule has 48 heavy (non-hydrogen) atoms. The molecule has 0 saturated carbocycles. The Morgan fingerprint density at radius 3 is 1.60 bits per heavy atom. The number of carbonyl (C=O) groups is 5. The summed E-state index contributed by atoms with van der Waals surface area (Å²) in [4.78, 5) is 60.9. The van der Waals surface area contributed by atoms with E-state index >= 15 is 0 Å². The van der Waals surface area contributed by atoms with Gasteiger partial charge in [-0.3, -0.25) is 24.0 Å². The molecule has 0 aromatic heterocycles. The molecule has 4 rings (SSSR count). The zero-order chi connectivity index (χ0) is 35.3. The first-order valence-electron chi connectivity index (χ1n) is 14.5. The number of benzene rings is 3. The highest BCUT2D eigenvalue weighted by Gasteiger charge is 2.47. The number of carbonyl (C=O) groups excluding carboxylic acids is 5. The molecule has 1 aliphatic heterocycles. The van der Waals surface area contributed by atoms with Crippen LogP contribution in [0.1, 0.15) is 63.3 Å². The lowest BCUT2D eigenvalue weighted by atomic mass is 9.78. The van der Waals surface area contributed by atoms with E-state index in [1.54, 1.807) is 12.1 Å². The van der Waals surface area contributed by atoms with Gasteiger partial charge in [-0.25, -0.2) is 0 Å². The number of esters is 5. The number of hydrogen-bond acceptors (Lipinski definition) is 14.